The predicted octanol–water partition coefficient (Wildman–Crippen LogP) is 6.38. The minimum atomic E-state index is 0.565. The first-order valence-corrected chi connectivity index (χ1v) is 10.5. The van der Waals surface area contributed by atoms with Gasteiger partial charge in [-0.2, -0.15) is 0 Å². The van der Waals surface area contributed by atoms with Crippen molar-refractivity contribution in [3.8, 4) is 0 Å². The third-order valence-electron chi connectivity index (χ3n) is 7.48. The van der Waals surface area contributed by atoms with Gasteiger partial charge in [-0.15, -0.1) is 0 Å². The molecule has 132 valence electrons. The molecule has 23 heavy (non-hydrogen) atoms. The summed E-state index contributed by atoms with van der Waals surface area (Å²) in [6.45, 7) is 2.17. The van der Waals surface area contributed by atoms with Gasteiger partial charge in [0.1, 0.15) is 0 Å². The summed E-state index contributed by atoms with van der Waals surface area (Å²) in [6, 6.07) is 0. The highest BCUT2D eigenvalue weighted by atomic mass is 16.5. The molecule has 1 heteroatoms. The first-order valence-electron chi connectivity index (χ1n) is 10.5. The van der Waals surface area contributed by atoms with Crippen LogP contribution in [0.1, 0.15) is 84.0 Å². The molecule has 0 bridgehead atoms. The normalized spacial score (nSPS) is 42.9. The quantitative estimate of drug-likeness (QED) is 0.546. The van der Waals surface area contributed by atoms with E-state index in [4.69, 9.17) is 4.74 Å². The van der Waals surface area contributed by atoms with Crippen LogP contribution in [0.5, 0.6) is 0 Å². The lowest BCUT2D eigenvalue weighted by Gasteiger charge is -2.41. The lowest BCUT2D eigenvalue weighted by molar-refractivity contribution is 0.0359. The second-order valence-corrected chi connectivity index (χ2v) is 8.65. The molecule has 3 fully saturated rings. The molecular formula is C22H38O. The Morgan fingerprint density at radius 1 is 0.609 bits per heavy atom. The van der Waals surface area contributed by atoms with Crippen molar-refractivity contribution in [2.75, 3.05) is 7.11 Å². The Kier molecular flexibility index (Phi) is 6.62. The average molecular weight is 319 g/mol. The molecule has 0 aromatic heterocycles. The molecular weight excluding hydrogens is 280 g/mol. The second-order valence-electron chi connectivity index (χ2n) is 8.65. The molecule has 1 nitrogen and oxygen atoms in total. The fraction of sp³-hybridized carbons (Fsp3) is 0.909. The Labute approximate surface area is 144 Å². The SMILES string of the molecule is C/C=C/C1CCC(C2CCC(C3CCC(OC)CC3)CC2)CC1. The average Bonchev–Trinajstić information content (AvgIpc) is 2.63. The van der Waals surface area contributed by atoms with Gasteiger partial charge in [0.25, 0.3) is 0 Å². The summed E-state index contributed by atoms with van der Waals surface area (Å²) in [4.78, 5) is 0. The highest BCUT2D eigenvalue weighted by molar-refractivity contribution is 4.91. The van der Waals surface area contributed by atoms with Crippen LogP contribution in [0.2, 0.25) is 0 Å². The van der Waals surface area contributed by atoms with Gasteiger partial charge < -0.3 is 4.74 Å². The van der Waals surface area contributed by atoms with Crippen LogP contribution >= 0.6 is 0 Å². The first-order chi connectivity index (χ1) is 11.3. The van der Waals surface area contributed by atoms with Crippen LogP contribution < -0.4 is 0 Å². The monoisotopic (exact) mass is 318 g/mol. The number of allylic oxidation sites excluding steroid dienone is 2. The minimum absolute atomic E-state index is 0.565. The highest BCUT2D eigenvalue weighted by Gasteiger charge is 2.34. The molecule has 0 aromatic rings. The molecule has 0 spiro atoms. The third kappa shape index (κ3) is 4.62. The van der Waals surface area contributed by atoms with Crippen LogP contribution in [0, 0.1) is 29.6 Å². The first kappa shape index (κ1) is 17.5. The number of methoxy groups -OCH3 is 1. The van der Waals surface area contributed by atoms with E-state index in [9.17, 15) is 0 Å². The number of hydrogen-bond acceptors (Lipinski definition) is 1. The largest absolute Gasteiger partial charge is 0.381 e. The third-order valence-corrected chi connectivity index (χ3v) is 7.48. The molecule has 0 heterocycles. The Morgan fingerprint density at radius 3 is 1.39 bits per heavy atom. The summed E-state index contributed by atoms with van der Waals surface area (Å²) in [5.74, 6) is 5.08. The van der Waals surface area contributed by atoms with Crippen LogP contribution in [-0.4, -0.2) is 13.2 Å². The Morgan fingerprint density at radius 2 is 1.00 bits per heavy atom. The van der Waals surface area contributed by atoms with Crippen molar-refractivity contribution in [1.82, 2.24) is 0 Å². The van der Waals surface area contributed by atoms with Crippen LogP contribution in [0.3, 0.4) is 0 Å². The van der Waals surface area contributed by atoms with Gasteiger partial charge in [-0.25, -0.2) is 0 Å². The summed E-state index contributed by atoms with van der Waals surface area (Å²) in [5, 5.41) is 0. The van der Waals surface area contributed by atoms with Crippen molar-refractivity contribution in [3.63, 3.8) is 0 Å². The topological polar surface area (TPSA) is 9.23 Å². The maximum Gasteiger partial charge on any atom is 0.0571 e. The second kappa shape index (κ2) is 8.70. The number of ether oxygens (including phenoxy) is 1. The van der Waals surface area contributed by atoms with Gasteiger partial charge in [-0.1, -0.05) is 12.2 Å². The molecule has 0 saturated heterocycles. The molecule has 0 unspecified atom stereocenters. The van der Waals surface area contributed by atoms with E-state index in [-0.39, 0.29) is 0 Å². The number of hydrogen-bond donors (Lipinski definition) is 0. The standard InChI is InChI=1S/C22H38O/c1-3-4-17-5-7-18(8-6-17)19-9-11-20(12-10-19)21-13-15-22(23-2)16-14-21/h3-4,17-22H,5-16H2,1-2H3/b4-3+. The van der Waals surface area contributed by atoms with Crippen molar-refractivity contribution in [3.05, 3.63) is 12.2 Å². The zero-order valence-electron chi connectivity index (χ0n) is 15.5. The van der Waals surface area contributed by atoms with Gasteiger partial charge in [0, 0.05) is 7.11 Å². The Balaban J connectivity index is 1.39. The van der Waals surface area contributed by atoms with Gasteiger partial charge in [0.2, 0.25) is 0 Å². The van der Waals surface area contributed by atoms with Crippen LogP contribution in [0.4, 0.5) is 0 Å². The smallest absolute Gasteiger partial charge is 0.0571 e. The van der Waals surface area contributed by atoms with Crippen molar-refractivity contribution >= 4 is 0 Å². The van der Waals surface area contributed by atoms with Crippen molar-refractivity contribution in [2.45, 2.75) is 90.1 Å². The van der Waals surface area contributed by atoms with E-state index in [1.165, 1.54) is 77.0 Å². The van der Waals surface area contributed by atoms with E-state index in [0.29, 0.717) is 6.10 Å². The molecule has 0 radical (unpaired) electrons. The zero-order valence-corrected chi connectivity index (χ0v) is 15.5. The van der Waals surface area contributed by atoms with Crippen LogP contribution in [0.25, 0.3) is 0 Å². The van der Waals surface area contributed by atoms with Crippen molar-refractivity contribution < 1.29 is 4.74 Å². The molecule has 0 atom stereocenters. The van der Waals surface area contributed by atoms with Gasteiger partial charge >= 0.3 is 0 Å². The van der Waals surface area contributed by atoms with Crippen LogP contribution in [-0.2, 0) is 4.74 Å². The molecule has 3 saturated carbocycles. The summed E-state index contributed by atoms with van der Waals surface area (Å²) in [5.41, 5.74) is 0. The fourth-order valence-corrected chi connectivity index (χ4v) is 5.96. The predicted molar refractivity (Wildman–Crippen MR) is 98.5 cm³/mol. The van der Waals surface area contributed by atoms with Gasteiger partial charge in [0.15, 0.2) is 0 Å². The molecule has 0 aliphatic heterocycles. The molecule has 0 N–H and O–H groups in total. The molecule has 3 aliphatic rings. The maximum absolute atomic E-state index is 5.54. The van der Waals surface area contributed by atoms with E-state index in [1.54, 1.807) is 0 Å². The minimum Gasteiger partial charge on any atom is -0.381 e. The van der Waals surface area contributed by atoms with E-state index < -0.39 is 0 Å². The fourth-order valence-electron chi connectivity index (χ4n) is 5.96. The zero-order chi connectivity index (χ0) is 16.1. The number of rotatable bonds is 4. The molecule has 0 amide bonds. The van der Waals surface area contributed by atoms with E-state index in [2.05, 4.69) is 19.1 Å². The van der Waals surface area contributed by atoms with E-state index in [0.717, 1.165) is 29.6 Å². The summed E-state index contributed by atoms with van der Waals surface area (Å²) in [7, 11) is 1.89. The molecule has 3 aliphatic carbocycles. The highest BCUT2D eigenvalue weighted by Crippen LogP contribution is 2.45. The summed E-state index contributed by atoms with van der Waals surface area (Å²) < 4.78 is 5.54. The maximum atomic E-state index is 5.54. The summed E-state index contributed by atoms with van der Waals surface area (Å²) >= 11 is 0. The molecule has 3 rings (SSSR count). The van der Waals surface area contributed by atoms with Crippen molar-refractivity contribution in [2.24, 2.45) is 29.6 Å². The lowest BCUT2D eigenvalue weighted by Crippen LogP contribution is -2.30. The summed E-state index contributed by atoms with van der Waals surface area (Å²) in [6.07, 6.45) is 22.8. The van der Waals surface area contributed by atoms with Crippen LogP contribution in [0.15, 0.2) is 12.2 Å². The van der Waals surface area contributed by atoms with Crippen molar-refractivity contribution in [1.29, 1.82) is 0 Å². The van der Waals surface area contributed by atoms with E-state index in [1.807, 2.05) is 7.11 Å². The van der Waals surface area contributed by atoms with E-state index >= 15 is 0 Å². The van der Waals surface area contributed by atoms with Gasteiger partial charge in [0.05, 0.1) is 6.10 Å². The Hall–Kier alpha value is -0.300. The van der Waals surface area contributed by atoms with Gasteiger partial charge in [-0.05, 0) is 114 Å². The Bertz CT molecular complexity index is 350. The molecule has 0 aromatic carbocycles. The lowest BCUT2D eigenvalue weighted by atomic mass is 9.65. The van der Waals surface area contributed by atoms with Gasteiger partial charge in [-0.3, -0.25) is 0 Å².